The zero-order valence-corrected chi connectivity index (χ0v) is 12.5. The highest BCUT2D eigenvalue weighted by Crippen LogP contribution is 2.21. The van der Waals surface area contributed by atoms with Crippen molar-refractivity contribution in [3.05, 3.63) is 47.0 Å². The van der Waals surface area contributed by atoms with Gasteiger partial charge in [0.25, 0.3) is 5.56 Å². The van der Waals surface area contributed by atoms with Crippen LogP contribution in [0, 0.1) is 0 Å². The second kappa shape index (κ2) is 4.98. The maximum Gasteiger partial charge on any atom is 0.280 e. The quantitative estimate of drug-likeness (QED) is 0.607. The van der Waals surface area contributed by atoms with Gasteiger partial charge < -0.3 is 10.1 Å². The Morgan fingerprint density at radius 2 is 2.04 bits per heavy atom. The van der Waals surface area contributed by atoms with E-state index in [-0.39, 0.29) is 11.3 Å². The van der Waals surface area contributed by atoms with Crippen molar-refractivity contribution in [1.82, 2.24) is 23.9 Å². The molecule has 3 aromatic heterocycles. The topological polar surface area (TPSA) is 88.2 Å². The predicted molar refractivity (Wildman–Crippen MR) is 86.5 cm³/mol. The van der Waals surface area contributed by atoms with Crippen molar-refractivity contribution in [3.63, 3.8) is 0 Å². The van der Waals surface area contributed by atoms with E-state index >= 15 is 0 Å². The lowest BCUT2D eigenvalue weighted by Crippen LogP contribution is -2.23. The normalized spacial score (nSPS) is 11.5. The minimum absolute atomic E-state index is 0.127. The van der Waals surface area contributed by atoms with Crippen LogP contribution in [0.1, 0.15) is 13.3 Å². The van der Waals surface area contributed by atoms with Crippen molar-refractivity contribution in [3.8, 4) is 17.1 Å². The Kier molecular flexibility index (Phi) is 2.94. The molecule has 7 heteroatoms. The van der Waals surface area contributed by atoms with Gasteiger partial charge in [0.1, 0.15) is 11.6 Å². The van der Waals surface area contributed by atoms with Gasteiger partial charge in [-0.25, -0.2) is 9.97 Å². The van der Waals surface area contributed by atoms with Crippen LogP contribution in [0.3, 0.4) is 0 Å². The molecule has 4 rings (SSSR count). The smallest absolute Gasteiger partial charge is 0.280 e. The lowest BCUT2D eigenvalue weighted by molar-refractivity contribution is 0.475. The molecule has 1 aromatic carbocycles. The zero-order valence-electron chi connectivity index (χ0n) is 12.5. The summed E-state index contributed by atoms with van der Waals surface area (Å²) in [5, 5.41) is 9.40. The van der Waals surface area contributed by atoms with Crippen LogP contribution in [-0.2, 0) is 6.54 Å². The predicted octanol–water partition coefficient (Wildman–Crippen LogP) is 2.15. The van der Waals surface area contributed by atoms with Gasteiger partial charge in [0.15, 0.2) is 11.2 Å². The Balaban J connectivity index is 2.03. The van der Waals surface area contributed by atoms with Gasteiger partial charge in [-0.3, -0.25) is 13.8 Å². The molecule has 0 aliphatic carbocycles. The van der Waals surface area contributed by atoms with Crippen molar-refractivity contribution in [2.24, 2.45) is 0 Å². The number of phenolic OH excluding ortho intramolecular Hbond substituents is 1. The van der Waals surface area contributed by atoms with Crippen LogP contribution in [0.2, 0.25) is 0 Å². The molecule has 0 radical (unpaired) electrons. The molecule has 116 valence electrons. The van der Waals surface area contributed by atoms with E-state index in [1.165, 1.54) is 0 Å². The van der Waals surface area contributed by atoms with Gasteiger partial charge in [-0.05, 0) is 30.7 Å². The zero-order chi connectivity index (χ0) is 16.0. The van der Waals surface area contributed by atoms with Crippen LogP contribution in [0.15, 0.2) is 41.5 Å². The Hall–Kier alpha value is -3.09. The highest BCUT2D eigenvalue weighted by Gasteiger charge is 2.16. The molecule has 0 aliphatic rings. The third-order valence-electron chi connectivity index (χ3n) is 3.82. The number of imidazole rings is 2. The molecule has 0 amide bonds. The van der Waals surface area contributed by atoms with Gasteiger partial charge in [-0.1, -0.05) is 6.92 Å². The van der Waals surface area contributed by atoms with Crippen LogP contribution in [0.5, 0.6) is 5.75 Å². The summed E-state index contributed by atoms with van der Waals surface area (Å²) in [6.07, 6.45) is 4.30. The summed E-state index contributed by atoms with van der Waals surface area (Å²) in [5.74, 6) is 1.36. The number of H-pyrrole nitrogens is 1. The van der Waals surface area contributed by atoms with Gasteiger partial charge in [0, 0.05) is 24.5 Å². The van der Waals surface area contributed by atoms with Crippen LogP contribution in [0.4, 0.5) is 0 Å². The third-order valence-corrected chi connectivity index (χ3v) is 3.82. The van der Waals surface area contributed by atoms with Crippen molar-refractivity contribution < 1.29 is 5.11 Å². The number of nitrogens with one attached hydrogen (secondary N) is 1. The van der Waals surface area contributed by atoms with E-state index in [2.05, 4.69) is 15.0 Å². The standard InChI is InChI=1S/C16H15N5O2/c1-2-8-21-15(23)12-14(20-9-7-17-16(20)21)19-13(18-12)10-3-5-11(22)6-4-10/h3-7,9,22H,2,8H2,1H3,(H,18,19). The monoisotopic (exact) mass is 309 g/mol. The summed E-state index contributed by atoms with van der Waals surface area (Å²) in [7, 11) is 0. The molecule has 0 fully saturated rings. The second-order valence-electron chi connectivity index (χ2n) is 5.38. The average molecular weight is 309 g/mol. The van der Waals surface area contributed by atoms with E-state index in [1.807, 2.05) is 11.3 Å². The van der Waals surface area contributed by atoms with Crippen LogP contribution in [0.25, 0.3) is 28.3 Å². The van der Waals surface area contributed by atoms with E-state index in [4.69, 9.17) is 0 Å². The Labute approximate surface area is 130 Å². The molecule has 0 saturated carbocycles. The van der Waals surface area contributed by atoms with Gasteiger partial charge >= 0.3 is 0 Å². The first-order valence-corrected chi connectivity index (χ1v) is 7.44. The van der Waals surface area contributed by atoms with Gasteiger partial charge in [0.2, 0.25) is 5.78 Å². The lowest BCUT2D eigenvalue weighted by atomic mass is 10.2. The Morgan fingerprint density at radius 1 is 1.26 bits per heavy atom. The van der Waals surface area contributed by atoms with Crippen LogP contribution < -0.4 is 5.56 Å². The van der Waals surface area contributed by atoms with E-state index in [0.717, 1.165) is 12.0 Å². The van der Waals surface area contributed by atoms with Gasteiger partial charge in [-0.15, -0.1) is 0 Å². The molecule has 3 heterocycles. The number of aromatic nitrogens is 5. The summed E-state index contributed by atoms with van der Waals surface area (Å²) in [6, 6.07) is 6.68. The van der Waals surface area contributed by atoms with Crippen LogP contribution in [-0.4, -0.2) is 29.0 Å². The Bertz CT molecular complexity index is 1060. The van der Waals surface area contributed by atoms with Gasteiger partial charge in [-0.2, -0.15) is 0 Å². The van der Waals surface area contributed by atoms with Crippen molar-refractivity contribution in [1.29, 1.82) is 0 Å². The Morgan fingerprint density at radius 3 is 2.78 bits per heavy atom. The minimum Gasteiger partial charge on any atom is -0.508 e. The molecule has 7 nitrogen and oxygen atoms in total. The lowest BCUT2D eigenvalue weighted by Gasteiger charge is -2.05. The first-order valence-electron chi connectivity index (χ1n) is 7.44. The molecule has 0 spiro atoms. The van der Waals surface area contributed by atoms with E-state index in [0.29, 0.717) is 29.3 Å². The van der Waals surface area contributed by atoms with Gasteiger partial charge in [0.05, 0.1) is 0 Å². The highest BCUT2D eigenvalue weighted by molar-refractivity contribution is 5.77. The fourth-order valence-electron chi connectivity index (χ4n) is 2.76. The molecule has 0 atom stereocenters. The number of benzene rings is 1. The molecule has 0 bridgehead atoms. The van der Waals surface area contributed by atoms with E-state index in [1.54, 1.807) is 41.2 Å². The molecule has 2 N–H and O–H groups in total. The average Bonchev–Trinajstić information content (AvgIpc) is 3.18. The molecule has 23 heavy (non-hydrogen) atoms. The van der Waals surface area contributed by atoms with Crippen LogP contribution >= 0.6 is 0 Å². The van der Waals surface area contributed by atoms with Crippen molar-refractivity contribution >= 4 is 16.9 Å². The van der Waals surface area contributed by atoms with Crippen molar-refractivity contribution in [2.45, 2.75) is 19.9 Å². The number of aromatic hydroxyl groups is 1. The van der Waals surface area contributed by atoms with E-state index in [9.17, 15) is 9.90 Å². The number of nitrogens with zero attached hydrogens (tertiary/aromatic N) is 4. The summed E-state index contributed by atoms with van der Waals surface area (Å²) in [4.78, 5) is 24.7. The summed E-state index contributed by atoms with van der Waals surface area (Å²) in [5.41, 5.74) is 1.68. The maximum absolute atomic E-state index is 12.7. The number of hydrogen-bond donors (Lipinski definition) is 2. The first-order chi connectivity index (χ1) is 11.2. The fraction of sp³-hybridized carbons (Fsp3) is 0.188. The highest BCUT2D eigenvalue weighted by atomic mass is 16.3. The summed E-state index contributed by atoms with van der Waals surface area (Å²) >= 11 is 0. The number of aryl methyl sites for hydroxylation is 1. The SMILES string of the molecule is CCCn1c(=O)c2[nH]c(-c3ccc(O)cc3)nc2n2ccnc12. The van der Waals surface area contributed by atoms with E-state index < -0.39 is 0 Å². The van der Waals surface area contributed by atoms with Crippen molar-refractivity contribution in [2.75, 3.05) is 0 Å². The molecular formula is C16H15N5O2. The summed E-state index contributed by atoms with van der Waals surface area (Å²) in [6.45, 7) is 2.62. The number of phenols is 1. The molecular weight excluding hydrogens is 294 g/mol. The molecule has 0 aliphatic heterocycles. The maximum atomic E-state index is 12.7. The number of hydrogen-bond acceptors (Lipinski definition) is 4. The number of fused-ring (bicyclic) bond motifs is 3. The second-order valence-corrected chi connectivity index (χ2v) is 5.38. The largest absolute Gasteiger partial charge is 0.508 e. The molecule has 0 saturated heterocycles. The number of rotatable bonds is 3. The number of aromatic amines is 1. The molecule has 0 unspecified atom stereocenters. The summed E-state index contributed by atoms with van der Waals surface area (Å²) < 4.78 is 3.47. The minimum atomic E-state index is -0.127. The third kappa shape index (κ3) is 2.01. The fourth-order valence-corrected chi connectivity index (χ4v) is 2.76. The first kappa shape index (κ1) is 13.6. The molecule has 4 aromatic rings.